The Kier molecular flexibility index (Phi) is 6.03. The summed E-state index contributed by atoms with van der Waals surface area (Å²) in [5.41, 5.74) is 3.29. The third-order valence-electron chi connectivity index (χ3n) is 6.52. The number of para-hydroxylation sites is 1. The second-order valence-corrected chi connectivity index (χ2v) is 11.8. The predicted molar refractivity (Wildman–Crippen MR) is 119 cm³/mol. The van der Waals surface area contributed by atoms with Crippen LogP contribution in [0.4, 0.5) is 18.9 Å². The molecule has 0 saturated heterocycles. The van der Waals surface area contributed by atoms with Gasteiger partial charge in [0.25, 0.3) is 0 Å². The Hall–Kier alpha value is -1.90. The molecule has 2 heterocycles. The van der Waals surface area contributed by atoms with E-state index in [1.54, 1.807) is 6.07 Å². The Bertz CT molecular complexity index is 1070. The molecule has 0 bridgehead atoms. The Morgan fingerprint density at radius 1 is 1.16 bits per heavy atom. The van der Waals surface area contributed by atoms with E-state index >= 15 is 0 Å². The van der Waals surface area contributed by atoms with Gasteiger partial charge in [-0.2, -0.15) is 0 Å². The molecule has 1 atom stereocenters. The number of rotatable bonds is 3. The molecule has 32 heavy (non-hydrogen) atoms. The fraction of sp³-hybridized carbons (Fsp3) is 0.458. The first-order valence-electron chi connectivity index (χ1n) is 11.2. The number of fused-ring (bicyclic) bond motifs is 1. The van der Waals surface area contributed by atoms with Crippen LogP contribution in [0.5, 0.6) is 0 Å². The van der Waals surface area contributed by atoms with Gasteiger partial charge in [0, 0.05) is 0 Å². The van der Waals surface area contributed by atoms with Crippen molar-refractivity contribution < 1.29 is 29.7 Å². The van der Waals surface area contributed by atoms with Crippen LogP contribution >= 0.6 is 0 Å². The average molecular weight is 619 g/mol. The molecule has 4 aliphatic rings. The van der Waals surface area contributed by atoms with Crippen LogP contribution in [0.3, 0.4) is 0 Å². The van der Waals surface area contributed by atoms with Gasteiger partial charge in [-0.25, -0.2) is 0 Å². The van der Waals surface area contributed by atoms with Crippen LogP contribution in [-0.2, 0) is 22.7 Å². The minimum absolute atomic E-state index is 0.101. The molecule has 2 aliphatic carbocycles. The van der Waals surface area contributed by atoms with Gasteiger partial charge in [-0.3, -0.25) is 0 Å². The SMILES string of the molecule is CN1[C]2=[Os]=[C](Nc3ccccc3C(F)(F)F)NC2N=C(C2CCCCC2)C2=C1C=CCC2. The molecule has 2 N–H and O–H groups in total. The monoisotopic (exact) mass is 620 g/mol. The Morgan fingerprint density at radius 2 is 1.94 bits per heavy atom. The molecular formula is C24H27F3N4Os. The Morgan fingerprint density at radius 3 is 2.72 bits per heavy atom. The number of benzene rings is 1. The first-order chi connectivity index (χ1) is 15.4. The maximum atomic E-state index is 13.5. The van der Waals surface area contributed by atoms with Crippen LogP contribution in [-0.4, -0.2) is 32.3 Å². The number of halogens is 3. The average Bonchev–Trinajstić information content (AvgIpc) is 3.15. The summed E-state index contributed by atoms with van der Waals surface area (Å²) in [4.78, 5) is 7.51. The van der Waals surface area contributed by atoms with Crippen LogP contribution < -0.4 is 10.6 Å². The standard InChI is InChI=1S/C24H27F3N4.Os/c1-31-15-22(29-16-28-20-13-7-6-12-19(20)24(25,26)27)30-23(17-9-3-2-4-10-17)18-11-5-8-14-21(18)31;/h6-8,12-14,17,22,28-29H,2-5,9-11H2,1H3;. The molecule has 5 rings (SSSR count). The van der Waals surface area contributed by atoms with Crippen molar-refractivity contribution in [2.24, 2.45) is 10.9 Å². The zero-order chi connectivity index (χ0) is 22.3. The molecule has 0 amide bonds. The quantitative estimate of drug-likeness (QED) is 0.506. The number of nitrogens with one attached hydrogen (secondary N) is 2. The topological polar surface area (TPSA) is 39.7 Å². The normalized spacial score (nSPS) is 24.3. The number of nitrogens with zero attached hydrogens (tertiary/aromatic N) is 2. The van der Waals surface area contributed by atoms with E-state index in [2.05, 4.69) is 34.7 Å². The van der Waals surface area contributed by atoms with E-state index in [-0.39, 0.29) is 11.9 Å². The molecule has 1 aromatic carbocycles. The van der Waals surface area contributed by atoms with Gasteiger partial charge in [-0.1, -0.05) is 0 Å². The van der Waals surface area contributed by atoms with Crippen molar-refractivity contribution in [3.8, 4) is 0 Å². The fourth-order valence-corrected chi connectivity index (χ4v) is 8.07. The van der Waals surface area contributed by atoms with E-state index in [9.17, 15) is 13.2 Å². The van der Waals surface area contributed by atoms with Gasteiger partial charge >= 0.3 is 194 Å². The molecule has 2 aliphatic heterocycles. The zero-order valence-electron chi connectivity index (χ0n) is 18.0. The molecule has 8 heteroatoms. The van der Waals surface area contributed by atoms with Gasteiger partial charge in [0.15, 0.2) is 0 Å². The van der Waals surface area contributed by atoms with E-state index in [4.69, 9.17) is 4.99 Å². The van der Waals surface area contributed by atoms with Crippen LogP contribution in [0.15, 0.2) is 52.7 Å². The third kappa shape index (κ3) is 4.20. The van der Waals surface area contributed by atoms with E-state index in [1.165, 1.54) is 65.4 Å². The summed E-state index contributed by atoms with van der Waals surface area (Å²) in [6, 6.07) is 5.68. The Balaban J connectivity index is 1.51. The molecule has 4 nitrogen and oxygen atoms in total. The van der Waals surface area contributed by atoms with E-state index in [0.717, 1.165) is 23.2 Å². The second-order valence-electron chi connectivity index (χ2n) is 8.63. The van der Waals surface area contributed by atoms with Gasteiger partial charge in [0.2, 0.25) is 0 Å². The van der Waals surface area contributed by atoms with Crippen LogP contribution in [0.25, 0.3) is 0 Å². The fourth-order valence-electron chi connectivity index (χ4n) is 4.96. The van der Waals surface area contributed by atoms with Gasteiger partial charge in [0.1, 0.15) is 0 Å². The van der Waals surface area contributed by atoms with Gasteiger partial charge < -0.3 is 0 Å². The molecule has 0 spiro atoms. The number of alkyl halides is 3. The summed E-state index contributed by atoms with van der Waals surface area (Å²) >= 11 is -1.01. The van der Waals surface area contributed by atoms with Gasteiger partial charge in [-0.05, 0) is 0 Å². The van der Waals surface area contributed by atoms with E-state index < -0.39 is 28.2 Å². The summed E-state index contributed by atoms with van der Waals surface area (Å²) < 4.78 is 42.4. The minimum atomic E-state index is -4.39. The van der Waals surface area contributed by atoms with Crippen molar-refractivity contribution in [3.05, 3.63) is 53.3 Å². The van der Waals surface area contributed by atoms with E-state index in [1.807, 2.05) is 0 Å². The zero-order valence-corrected chi connectivity index (χ0v) is 20.5. The summed E-state index contributed by atoms with van der Waals surface area (Å²) in [7, 11) is 2.09. The number of anilines is 1. The van der Waals surface area contributed by atoms with Crippen LogP contribution in [0.1, 0.15) is 50.5 Å². The number of aliphatic imine (C=N–C) groups is 1. The molecule has 0 radical (unpaired) electrons. The maximum absolute atomic E-state index is 13.5. The number of hydrogen-bond donors (Lipinski definition) is 2. The molecule has 0 aromatic heterocycles. The molecule has 1 fully saturated rings. The molecular weight excluding hydrogens is 592 g/mol. The van der Waals surface area contributed by atoms with Crippen molar-refractivity contribution in [1.82, 2.24) is 10.2 Å². The first-order valence-corrected chi connectivity index (χ1v) is 13.7. The van der Waals surface area contributed by atoms with Crippen molar-refractivity contribution in [2.75, 3.05) is 12.4 Å². The predicted octanol–water partition coefficient (Wildman–Crippen LogP) is 4.92. The van der Waals surface area contributed by atoms with Crippen molar-refractivity contribution in [3.63, 3.8) is 0 Å². The van der Waals surface area contributed by atoms with Crippen LogP contribution in [0, 0.1) is 5.92 Å². The van der Waals surface area contributed by atoms with E-state index in [0.29, 0.717) is 5.92 Å². The second kappa shape index (κ2) is 8.80. The summed E-state index contributed by atoms with van der Waals surface area (Å²) in [6.45, 7) is 0. The van der Waals surface area contributed by atoms with Crippen molar-refractivity contribution >= 4 is 19.9 Å². The van der Waals surface area contributed by atoms with Gasteiger partial charge in [0.05, 0.1) is 0 Å². The first kappa shape index (κ1) is 21.9. The number of hydrogen-bond acceptors (Lipinski definition) is 4. The Labute approximate surface area is 193 Å². The van der Waals surface area contributed by atoms with Crippen molar-refractivity contribution in [1.29, 1.82) is 0 Å². The van der Waals surface area contributed by atoms with Crippen LogP contribution in [0.2, 0.25) is 0 Å². The number of likely N-dealkylation sites (N-methyl/N-ethyl adjacent to an activating group) is 1. The molecule has 1 unspecified atom stereocenters. The molecule has 172 valence electrons. The molecule has 1 aromatic rings. The summed E-state index contributed by atoms with van der Waals surface area (Å²) in [6.07, 6.45) is 8.04. The molecule has 1 saturated carbocycles. The van der Waals surface area contributed by atoms with Crippen molar-refractivity contribution in [2.45, 2.75) is 57.3 Å². The summed E-state index contributed by atoms with van der Waals surface area (Å²) in [5, 5.41) is 6.53. The van der Waals surface area contributed by atoms with Gasteiger partial charge in [-0.15, -0.1) is 0 Å². The third-order valence-corrected chi connectivity index (χ3v) is 10.0. The number of allylic oxidation sites excluding steroid dienone is 3. The summed E-state index contributed by atoms with van der Waals surface area (Å²) in [5.74, 6) is 0.486.